The molecule has 0 spiro atoms. The number of rotatable bonds is 5. The Labute approximate surface area is 121 Å². The second-order valence-electron chi connectivity index (χ2n) is 4.71. The molecule has 114 valence electrons. The number of hydrogen-bond donors (Lipinski definition) is 2. The Bertz CT molecular complexity index is 506. The largest absolute Gasteiger partial charge is 0.480 e. The number of carbonyl (C=O) groups is 3. The first kappa shape index (κ1) is 15.0. The zero-order valence-electron chi connectivity index (χ0n) is 11.4. The van der Waals surface area contributed by atoms with Crippen molar-refractivity contribution in [2.24, 2.45) is 0 Å². The molecular weight excluding hydrogens is 278 g/mol. The average Bonchev–Trinajstić information content (AvgIpc) is 2.99. The van der Waals surface area contributed by atoms with Crippen molar-refractivity contribution in [1.29, 1.82) is 0 Å². The lowest BCUT2D eigenvalue weighted by Gasteiger charge is -2.33. The van der Waals surface area contributed by atoms with Crippen LogP contribution in [0.4, 0.5) is 0 Å². The van der Waals surface area contributed by atoms with Gasteiger partial charge in [0, 0.05) is 26.2 Å². The van der Waals surface area contributed by atoms with Crippen LogP contribution in [0.25, 0.3) is 0 Å². The van der Waals surface area contributed by atoms with E-state index in [9.17, 15) is 14.4 Å². The van der Waals surface area contributed by atoms with Crippen LogP contribution in [-0.4, -0.2) is 72.0 Å². The highest BCUT2D eigenvalue weighted by Crippen LogP contribution is 2.02. The third kappa shape index (κ3) is 4.32. The van der Waals surface area contributed by atoms with Crippen molar-refractivity contribution in [3.8, 4) is 0 Å². The van der Waals surface area contributed by atoms with Gasteiger partial charge in [0.05, 0.1) is 19.4 Å². The molecule has 1 fully saturated rings. The van der Waals surface area contributed by atoms with Crippen LogP contribution in [-0.2, 0) is 9.59 Å². The monoisotopic (exact) mass is 295 g/mol. The summed E-state index contributed by atoms with van der Waals surface area (Å²) in [6, 6.07) is 3.11. The maximum atomic E-state index is 11.9. The minimum atomic E-state index is -0.875. The molecule has 0 bridgehead atoms. The molecule has 1 aliphatic rings. The van der Waals surface area contributed by atoms with Crippen LogP contribution in [0.3, 0.4) is 0 Å². The van der Waals surface area contributed by atoms with E-state index in [0.29, 0.717) is 26.2 Å². The first-order chi connectivity index (χ1) is 10.1. The molecule has 2 rings (SSSR count). The number of carboxylic acid groups (broad SMARTS) is 1. The zero-order chi connectivity index (χ0) is 15.2. The van der Waals surface area contributed by atoms with Crippen molar-refractivity contribution >= 4 is 17.8 Å². The van der Waals surface area contributed by atoms with Gasteiger partial charge < -0.3 is 19.7 Å². The number of hydrogen-bond acceptors (Lipinski definition) is 5. The van der Waals surface area contributed by atoms with Crippen LogP contribution in [0.1, 0.15) is 10.6 Å². The number of nitrogens with one attached hydrogen (secondary N) is 1. The predicted octanol–water partition coefficient (Wildman–Crippen LogP) is -0.762. The van der Waals surface area contributed by atoms with Gasteiger partial charge in [-0.05, 0) is 12.1 Å². The minimum Gasteiger partial charge on any atom is -0.480 e. The van der Waals surface area contributed by atoms with E-state index in [2.05, 4.69) is 5.32 Å². The molecule has 0 aliphatic carbocycles. The molecule has 1 saturated heterocycles. The first-order valence-corrected chi connectivity index (χ1v) is 6.60. The fourth-order valence-corrected chi connectivity index (χ4v) is 2.11. The second-order valence-corrected chi connectivity index (χ2v) is 4.71. The van der Waals surface area contributed by atoms with E-state index >= 15 is 0 Å². The lowest BCUT2D eigenvalue weighted by molar-refractivity contribution is -0.139. The number of nitrogens with zero attached hydrogens (tertiary/aromatic N) is 2. The summed E-state index contributed by atoms with van der Waals surface area (Å²) in [6.07, 6.45) is 1.39. The van der Waals surface area contributed by atoms with E-state index in [4.69, 9.17) is 9.52 Å². The molecule has 2 amide bonds. The first-order valence-electron chi connectivity index (χ1n) is 6.60. The molecule has 1 aromatic rings. The van der Waals surface area contributed by atoms with Crippen LogP contribution >= 0.6 is 0 Å². The fraction of sp³-hybridized carbons (Fsp3) is 0.462. The van der Waals surface area contributed by atoms with Gasteiger partial charge >= 0.3 is 5.97 Å². The number of aliphatic carboxylic acids is 1. The maximum absolute atomic E-state index is 11.9. The quantitative estimate of drug-likeness (QED) is 0.740. The molecule has 2 heterocycles. The van der Waals surface area contributed by atoms with Gasteiger partial charge in [-0.15, -0.1) is 0 Å². The van der Waals surface area contributed by atoms with Gasteiger partial charge in [0.25, 0.3) is 5.91 Å². The highest BCUT2D eigenvalue weighted by molar-refractivity contribution is 5.94. The Morgan fingerprint density at radius 2 is 1.95 bits per heavy atom. The normalized spacial score (nSPS) is 15.7. The number of carbonyl (C=O) groups excluding carboxylic acids is 2. The van der Waals surface area contributed by atoms with E-state index in [-0.39, 0.29) is 24.8 Å². The van der Waals surface area contributed by atoms with Crippen molar-refractivity contribution < 1.29 is 23.9 Å². The molecule has 2 N–H and O–H groups in total. The standard InChI is InChI=1S/C13H17N3O5/c17-11(8-14-13(20)10-2-1-7-21-10)16-5-3-15(4-6-16)9-12(18)19/h1-2,7H,3-6,8-9H2,(H,14,20)(H,18,19). The molecule has 0 aromatic carbocycles. The molecule has 0 atom stereocenters. The highest BCUT2D eigenvalue weighted by Gasteiger charge is 2.22. The average molecular weight is 295 g/mol. The van der Waals surface area contributed by atoms with Gasteiger partial charge in [-0.1, -0.05) is 0 Å². The van der Waals surface area contributed by atoms with Crippen LogP contribution in [0.2, 0.25) is 0 Å². The van der Waals surface area contributed by atoms with Crippen molar-refractivity contribution in [2.45, 2.75) is 0 Å². The maximum Gasteiger partial charge on any atom is 0.317 e. The van der Waals surface area contributed by atoms with Gasteiger partial charge in [0.15, 0.2) is 5.76 Å². The molecule has 0 saturated carbocycles. The third-order valence-electron chi connectivity index (χ3n) is 3.23. The summed E-state index contributed by atoms with van der Waals surface area (Å²) in [7, 11) is 0. The molecule has 1 aliphatic heterocycles. The lowest BCUT2D eigenvalue weighted by Crippen LogP contribution is -2.52. The molecule has 0 unspecified atom stereocenters. The lowest BCUT2D eigenvalue weighted by atomic mass is 10.3. The fourth-order valence-electron chi connectivity index (χ4n) is 2.11. The van der Waals surface area contributed by atoms with Gasteiger partial charge in [0.2, 0.25) is 5.91 Å². The summed E-state index contributed by atoms with van der Waals surface area (Å²) < 4.78 is 4.92. The third-order valence-corrected chi connectivity index (χ3v) is 3.23. The van der Waals surface area contributed by atoms with Crippen LogP contribution < -0.4 is 5.32 Å². The summed E-state index contributed by atoms with van der Waals surface area (Å²) in [4.78, 5) is 37.5. The number of amides is 2. The number of piperazine rings is 1. The number of furan rings is 1. The molecule has 8 nitrogen and oxygen atoms in total. The van der Waals surface area contributed by atoms with E-state index in [1.54, 1.807) is 15.9 Å². The summed E-state index contributed by atoms with van der Waals surface area (Å²) in [5.41, 5.74) is 0. The summed E-state index contributed by atoms with van der Waals surface area (Å²) in [5, 5.41) is 11.2. The molecule has 21 heavy (non-hydrogen) atoms. The molecule has 1 aromatic heterocycles. The van der Waals surface area contributed by atoms with Gasteiger partial charge in [-0.25, -0.2) is 0 Å². The van der Waals surface area contributed by atoms with Gasteiger partial charge in [-0.2, -0.15) is 0 Å². The van der Waals surface area contributed by atoms with E-state index in [0.717, 1.165) is 0 Å². The smallest absolute Gasteiger partial charge is 0.317 e. The second kappa shape index (κ2) is 6.89. The highest BCUT2D eigenvalue weighted by atomic mass is 16.4. The topological polar surface area (TPSA) is 103 Å². The Morgan fingerprint density at radius 3 is 2.52 bits per heavy atom. The minimum absolute atomic E-state index is 0.0166. The molecule has 8 heteroatoms. The van der Waals surface area contributed by atoms with Crippen LogP contribution in [0.5, 0.6) is 0 Å². The van der Waals surface area contributed by atoms with Crippen LogP contribution in [0.15, 0.2) is 22.8 Å². The van der Waals surface area contributed by atoms with E-state index in [1.807, 2.05) is 0 Å². The summed E-state index contributed by atoms with van der Waals surface area (Å²) >= 11 is 0. The molecule has 0 radical (unpaired) electrons. The summed E-state index contributed by atoms with van der Waals surface area (Å²) in [6.45, 7) is 1.84. The Morgan fingerprint density at radius 1 is 1.24 bits per heavy atom. The van der Waals surface area contributed by atoms with Gasteiger partial charge in [-0.3, -0.25) is 19.3 Å². The summed E-state index contributed by atoms with van der Waals surface area (Å²) in [5.74, 6) is -1.34. The number of carboxylic acids is 1. The van der Waals surface area contributed by atoms with Crippen molar-refractivity contribution in [2.75, 3.05) is 39.3 Å². The molecular formula is C13H17N3O5. The Hall–Kier alpha value is -2.35. The Balaban J connectivity index is 1.72. The van der Waals surface area contributed by atoms with Crippen molar-refractivity contribution in [3.63, 3.8) is 0 Å². The van der Waals surface area contributed by atoms with E-state index < -0.39 is 11.9 Å². The predicted molar refractivity (Wildman–Crippen MR) is 71.7 cm³/mol. The zero-order valence-corrected chi connectivity index (χ0v) is 11.4. The van der Waals surface area contributed by atoms with E-state index in [1.165, 1.54) is 12.3 Å². The van der Waals surface area contributed by atoms with Crippen molar-refractivity contribution in [3.05, 3.63) is 24.2 Å². The SMILES string of the molecule is O=C(O)CN1CCN(C(=O)CNC(=O)c2ccco2)CC1. The van der Waals surface area contributed by atoms with Crippen molar-refractivity contribution in [1.82, 2.24) is 15.1 Å². The van der Waals surface area contributed by atoms with Gasteiger partial charge in [0.1, 0.15) is 0 Å². The van der Waals surface area contributed by atoms with Crippen LogP contribution in [0, 0.1) is 0 Å². The Kier molecular flexibility index (Phi) is 4.94.